The van der Waals surface area contributed by atoms with Gasteiger partial charge in [0.1, 0.15) is 29.9 Å². The Kier molecular flexibility index (Phi) is 9.28. The third kappa shape index (κ3) is 5.51. The number of carbonyl (C=O) groups excluding carboxylic acids is 1. The molecule has 8 nitrogen and oxygen atoms in total. The van der Waals surface area contributed by atoms with Gasteiger partial charge in [-0.3, -0.25) is 9.69 Å². The maximum Gasteiger partial charge on any atom is 0.237 e. The number of hydrogen-bond acceptors (Lipinski definition) is 8. The number of alkyl halides is 1. The van der Waals surface area contributed by atoms with Crippen LogP contribution in [-0.4, -0.2) is 105 Å². The number of carbonyl (C=O) groups is 1. The van der Waals surface area contributed by atoms with E-state index in [1.165, 1.54) is 11.8 Å². The lowest BCUT2D eigenvalue weighted by Crippen LogP contribution is -2.65. The highest BCUT2D eigenvalue weighted by Gasteiger charge is 2.48. The molecule has 0 spiro atoms. The molecular formula is C18H33ClN2O6S. The van der Waals surface area contributed by atoms with Crippen molar-refractivity contribution >= 4 is 29.3 Å². The van der Waals surface area contributed by atoms with E-state index in [0.29, 0.717) is 18.8 Å². The Balaban J connectivity index is 2.07. The quantitative estimate of drug-likeness (QED) is 0.316. The molecule has 0 radical (unpaired) electrons. The Morgan fingerprint density at radius 2 is 2.00 bits per heavy atom. The first-order valence-electron chi connectivity index (χ1n) is 9.69. The molecule has 0 aromatic rings. The number of halogens is 1. The molecule has 0 aromatic carbocycles. The summed E-state index contributed by atoms with van der Waals surface area (Å²) in [6.45, 7) is 2.61. The molecule has 10 heteroatoms. The van der Waals surface area contributed by atoms with Crippen LogP contribution in [0, 0.1) is 5.92 Å². The number of aliphatic hydroxyl groups excluding tert-OH is 4. The van der Waals surface area contributed by atoms with E-state index in [1.807, 2.05) is 11.9 Å². The van der Waals surface area contributed by atoms with Gasteiger partial charge in [-0.1, -0.05) is 0 Å². The second-order valence-electron chi connectivity index (χ2n) is 7.81. The highest BCUT2D eigenvalue weighted by molar-refractivity contribution is 7.99. The van der Waals surface area contributed by atoms with Crippen molar-refractivity contribution in [3.8, 4) is 0 Å². The summed E-state index contributed by atoms with van der Waals surface area (Å²) in [4.78, 5) is 14.9. The van der Waals surface area contributed by atoms with E-state index in [-0.39, 0.29) is 18.6 Å². The smallest absolute Gasteiger partial charge is 0.237 e. The highest BCUT2D eigenvalue weighted by Crippen LogP contribution is 2.31. The van der Waals surface area contributed by atoms with Crippen molar-refractivity contribution in [3.05, 3.63) is 0 Å². The van der Waals surface area contributed by atoms with Gasteiger partial charge in [0.05, 0.1) is 17.5 Å². The lowest BCUT2D eigenvalue weighted by molar-refractivity contribution is -0.205. The van der Waals surface area contributed by atoms with Crippen LogP contribution >= 0.6 is 23.4 Å². The van der Waals surface area contributed by atoms with Crippen LogP contribution in [0.15, 0.2) is 0 Å². The number of hydrogen-bond donors (Lipinski definition) is 5. The number of amides is 1. The first-order chi connectivity index (χ1) is 13.2. The van der Waals surface area contributed by atoms with Crippen molar-refractivity contribution in [2.75, 3.05) is 26.5 Å². The van der Waals surface area contributed by atoms with Gasteiger partial charge in [-0.2, -0.15) is 0 Å². The normalized spacial score (nSPS) is 38.9. The van der Waals surface area contributed by atoms with Gasteiger partial charge in [-0.15, -0.1) is 23.4 Å². The molecule has 164 valence electrons. The topological polar surface area (TPSA) is 122 Å². The van der Waals surface area contributed by atoms with Gasteiger partial charge in [0.15, 0.2) is 0 Å². The molecule has 2 saturated heterocycles. The van der Waals surface area contributed by atoms with Crippen LogP contribution in [0.4, 0.5) is 0 Å². The second kappa shape index (κ2) is 10.8. The van der Waals surface area contributed by atoms with Crippen molar-refractivity contribution < 1.29 is 30.0 Å². The standard InChI is InChI=1S/C18H33ClN2O6S/c1-9(19)12(16-14(24)13(23)15(25)18(27-16)28-3)20-17(26)11-7-10(5-4-6-22)8-21(11)2/h9-16,18,22-25H,4-8H2,1-3H3,(H,20,26)/t9-,10+,11-,12+,13-,14+,15+,16+,18+/m0/s1. The van der Waals surface area contributed by atoms with E-state index >= 15 is 0 Å². The molecule has 28 heavy (non-hydrogen) atoms. The monoisotopic (exact) mass is 440 g/mol. The third-order valence-corrected chi connectivity index (χ3v) is 6.83. The Morgan fingerprint density at radius 3 is 2.57 bits per heavy atom. The zero-order chi connectivity index (χ0) is 21.0. The first kappa shape index (κ1) is 24.1. The molecule has 1 amide bonds. The van der Waals surface area contributed by atoms with Crippen LogP contribution in [0.1, 0.15) is 26.2 Å². The SMILES string of the molecule is CS[C@H]1O[C@H]([C@H](NC(=O)[C@@H]2C[C@@H](CCCO)CN2C)[C@H](C)Cl)[C@H](O)[C@H](O)[C@H]1O. The van der Waals surface area contributed by atoms with E-state index in [4.69, 9.17) is 21.4 Å². The molecule has 0 unspecified atom stereocenters. The van der Waals surface area contributed by atoms with Crippen LogP contribution < -0.4 is 5.32 Å². The van der Waals surface area contributed by atoms with Crippen LogP contribution in [0.5, 0.6) is 0 Å². The van der Waals surface area contributed by atoms with Crippen LogP contribution in [-0.2, 0) is 9.53 Å². The largest absolute Gasteiger partial charge is 0.396 e. The molecule has 0 saturated carbocycles. The Labute approximate surface area is 175 Å². The van der Waals surface area contributed by atoms with Gasteiger partial charge < -0.3 is 30.5 Å². The average Bonchev–Trinajstić information content (AvgIpc) is 3.03. The third-order valence-electron chi connectivity index (χ3n) is 5.70. The number of rotatable bonds is 8. The summed E-state index contributed by atoms with van der Waals surface area (Å²) in [6, 6.07) is -1.06. The Morgan fingerprint density at radius 1 is 1.32 bits per heavy atom. The van der Waals surface area contributed by atoms with Crippen LogP contribution in [0.2, 0.25) is 0 Å². The number of nitrogens with one attached hydrogen (secondary N) is 1. The number of likely N-dealkylation sites (tertiary alicyclic amines) is 1. The number of nitrogens with zero attached hydrogens (tertiary/aromatic N) is 1. The lowest BCUT2D eigenvalue weighted by Gasteiger charge is -2.44. The molecule has 0 bridgehead atoms. The van der Waals surface area contributed by atoms with Gasteiger partial charge in [0.2, 0.25) is 5.91 Å². The molecule has 2 aliphatic rings. The van der Waals surface area contributed by atoms with Gasteiger partial charge in [-0.05, 0) is 45.4 Å². The molecule has 2 fully saturated rings. The van der Waals surface area contributed by atoms with E-state index in [2.05, 4.69) is 5.32 Å². The van der Waals surface area contributed by atoms with Gasteiger partial charge in [0.25, 0.3) is 0 Å². The van der Waals surface area contributed by atoms with Crippen molar-refractivity contribution in [2.24, 2.45) is 5.92 Å². The minimum Gasteiger partial charge on any atom is -0.396 e. The van der Waals surface area contributed by atoms with Crippen molar-refractivity contribution in [1.29, 1.82) is 0 Å². The fourth-order valence-electron chi connectivity index (χ4n) is 4.09. The minimum absolute atomic E-state index is 0.143. The maximum atomic E-state index is 12.9. The van der Waals surface area contributed by atoms with E-state index < -0.39 is 41.3 Å². The van der Waals surface area contributed by atoms with Gasteiger partial charge in [0, 0.05) is 13.2 Å². The lowest BCUT2D eigenvalue weighted by atomic mass is 9.92. The molecular weight excluding hydrogens is 408 g/mol. The zero-order valence-electron chi connectivity index (χ0n) is 16.6. The van der Waals surface area contributed by atoms with Crippen LogP contribution in [0.3, 0.4) is 0 Å². The summed E-state index contributed by atoms with van der Waals surface area (Å²) in [7, 11) is 1.89. The Hall–Kier alpha value is -0.130. The predicted molar refractivity (Wildman–Crippen MR) is 108 cm³/mol. The van der Waals surface area contributed by atoms with Gasteiger partial charge >= 0.3 is 0 Å². The van der Waals surface area contributed by atoms with E-state index in [0.717, 1.165) is 13.0 Å². The summed E-state index contributed by atoms with van der Waals surface area (Å²) in [5, 5.41) is 42.0. The molecule has 5 N–H and O–H groups in total. The molecule has 9 atom stereocenters. The fraction of sp³-hybridized carbons (Fsp3) is 0.944. The summed E-state index contributed by atoms with van der Waals surface area (Å²) in [5.41, 5.74) is -0.727. The Bertz CT molecular complexity index is 514. The van der Waals surface area contributed by atoms with Crippen LogP contribution in [0.25, 0.3) is 0 Å². The number of likely N-dealkylation sites (N-methyl/N-ethyl adjacent to an activating group) is 1. The highest BCUT2D eigenvalue weighted by atomic mass is 35.5. The molecule has 2 rings (SSSR count). The minimum atomic E-state index is -1.39. The zero-order valence-corrected chi connectivity index (χ0v) is 18.1. The first-order valence-corrected chi connectivity index (χ1v) is 11.4. The fourth-order valence-corrected chi connectivity index (χ4v) is 4.97. The second-order valence-corrected chi connectivity index (χ2v) is 9.44. The molecule has 0 aliphatic carbocycles. The predicted octanol–water partition coefficient (Wildman–Crippen LogP) is -0.638. The number of ether oxygens (including phenoxy) is 1. The summed E-state index contributed by atoms with van der Waals surface area (Å²) >= 11 is 7.52. The summed E-state index contributed by atoms with van der Waals surface area (Å²) < 4.78 is 5.78. The van der Waals surface area contributed by atoms with Crippen molar-refractivity contribution in [1.82, 2.24) is 10.2 Å². The maximum absolute atomic E-state index is 12.9. The van der Waals surface area contributed by atoms with E-state index in [1.54, 1.807) is 13.2 Å². The van der Waals surface area contributed by atoms with Crippen molar-refractivity contribution in [3.63, 3.8) is 0 Å². The summed E-state index contributed by atoms with van der Waals surface area (Å²) in [6.07, 6.45) is -0.926. The molecule has 2 heterocycles. The number of thioether (sulfide) groups is 1. The summed E-state index contributed by atoms with van der Waals surface area (Å²) in [5.74, 6) is 0.137. The molecule has 0 aromatic heterocycles. The van der Waals surface area contributed by atoms with Gasteiger partial charge in [-0.25, -0.2) is 0 Å². The molecule has 2 aliphatic heterocycles. The average molecular weight is 441 g/mol. The van der Waals surface area contributed by atoms with E-state index in [9.17, 15) is 20.1 Å². The van der Waals surface area contributed by atoms with Crippen molar-refractivity contribution in [2.45, 2.75) is 73.5 Å². The number of aliphatic hydroxyl groups is 4.